The summed E-state index contributed by atoms with van der Waals surface area (Å²) >= 11 is 1.28. The number of carbonyl (C=O) groups excluding carboxylic acids is 1. The van der Waals surface area contributed by atoms with Gasteiger partial charge in [0.05, 0.1) is 5.75 Å². The highest BCUT2D eigenvalue weighted by Gasteiger charge is 2.20. The van der Waals surface area contributed by atoms with Gasteiger partial charge in [0.25, 0.3) is 0 Å². The number of anilines is 1. The second kappa shape index (κ2) is 10.7. The summed E-state index contributed by atoms with van der Waals surface area (Å²) in [6, 6.07) is 23.6. The summed E-state index contributed by atoms with van der Waals surface area (Å²) in [4.78, 5) is 12.8. The summed E-state index contributed by atoms with van der Waals surface area (Å²) in [5.41, 5.74) is 2.59. The SMILES string of the molecule is CC(C)(C)c1ccccc1NC(=O)CSc1nnc(COc2ccccc2F)n1-c1ccccc1. The molecule has 180 valence electrons. The molecule has 1 amide bonds. The highest BCUT2D eigenvalue weighted by atomic mass is 32.2. The van der Waals surface area contributed by atoms with Crippen LogP contribution in [0.1, 0.15) is 32.2 Å². The number of hydrogen-bond donors (Lipinski definition) is 1. The molecule has 0 bridgehead atoms. The zero-order chi connectivity index (χ0) is 24.8. The van der Waals surface area contributed by atoms with Crippen LogP contribution in [0, 0.1) is 5.82 Å². The molecule has 4 aromatic rings. The van der Waals surface area contributed by atoms with Gasteiger partial charge < -0.3 is 10.1 Å². The van der Waals surface area contributed by atoms with E-state index in [1.807, 2.05) is 59.2 Å². The molecule has 35 heavy (non-hydrogen) atoms. The van der Waals surface area contributed by atoms with Crippen LogP contribution in [0.15, 0.2) is 84.0 Å². The van der Waals surface area contributed by atoms with E-state index in [9.17, 15) is 9.18 Å². The topological polar surface area (TPSA) is 69.0 Å². The van der Waals surface area contributed by atoms with Crippen molar-refractivity contribution in [1.82, 2.24) is 14.8 Å². The molecule has 0 saturated heterocycles. The second-order valence-electron chi connectivity index (χ2n) is 8.92. The minimum atomic E-state index is -0.444. The van der Waals surface area contributed by atoms with E-state index in [4.69, 9.17) is 4.74 Å². The Morgan fingerprint density at radius 1 is 0.971 bits per heavy atom. The smallest absolute Gasteiger partial charge is 0.234 e. The van der Waals surface area contributed by atoms with Crippen molar-refractivity contribution in [2.24, 2.45) is 0 Å². The van der Waals surface area contributed by atoms with Crippen molar-refractivity contribution >= 4 is 23.4 Å². The summed E-state index contributed by atoms with van der Waals surface area (Å²) in [6.45, 7) is 6.36. The number of halogens is 1. The number of carbonyl (C=O) groups is 1. The predicted molar refractivity (Wildman–Crippen MR) is 137 cm³/mol. The maximum Gasteiger partial charge on any atom is 0.234 e. The van der Waals surface area contributed by atoms with Crippen LogP contribution in [0.2, 0.25) is 0 Å². The first-order valence-corrected chi connectivity index (χ1v) is 12.2. The molecule has 0 fully saturated rings. The van der Waals surface area contributed by atoms with Crippen LogP contribution in [-0.4, -0.2) is 26.4 Å². The Bertz CT molecular complexity index is 1300. The van der Waals surface area contributed by atoms with Gasteiger partial charge >= 0.3 is 0 Å². The molecule has 0 radical (unpaired) electrons. The Balaban J connectivity index is 1.51. The molecule has 0 atom stereocenters. The van der Waals surface area contributed by atoms with E-state index in [0.717, 1.165) is 16.9 Å². The fourth-order valence-electron chi connectivity index (χ4n) is 3.59. The molecular formula is C27H27FN4O2S. The van der Waals surface area contributed by atoms with Crippen LogP contribution in [0.5, 0.6) is 5.75 Å². The molecule has 0 aliphatic carbocycles. The third-order valence-corrected chi connectivity index (χ3v) is 6.18. The van der Waals surface area contributed by atoms with Gasteiger partial charge in [0.2, 0.25) is 5.91 Å². The average Bonchev–Trinajstić information content (AvgIpc) is 3.25. The number of nitrogens with one attached hydrogen (secondary N) is 1. The lowest BCUT2D eigenvalue weighted by Gasteiger charge is -2.23. The van der Waals surface area contributed by atoms with Gasteiger partial charge in [-0.15, -0.1) is 10.2 Å². The van der Waals surface area contributed by atoms with Gasteiger partial charge in [-0.05, 0) is 41.3 Å². The zero-order valence-corrected chi connectivity index (χ0v) is 20.7. The number of aromatic nitrogens is 3. The number of benzene rings is 3. The Hall–Kier alpha value is -3.65. The molecule has 0 unspecified atom stereocenters. The number of thioether (sulfide) groups is 1. The molecule has 8 heteroatoms. The average molecular weight is 491 g/mol. The molecule has 3 aromatic carbocycles. The van der Waals surface area contributed by atoms with Gasteiger partial charge in [-0.3, -0.25) is 9.36 Å². The van der Waals surface area contributed by atoms with Crippen molar-refractivity contribution in [2.75, 3.05) is 11.1 Å². The maximum absolute atomic E-state index is 14.0. The molecule has 1 aromatic heterocycles. The van der Waals surface area contributed by atoms with E-state index in [2.05, 4.69) is 36.3 Å². The van der Waals surface area contributed by atoms with Crippen LogP contribution in [0.4, 0.5) is 10.1 Å². The van der Waals surface area contributed by atoms with Gasteiger partial charge in [0, 0.05) is 11.4 Å². The maximum atomic E-state index is 14.0. The highest BCUT2D eigenvalue weighted by molar-refractivity contribution is 7.99. The third-order valence-electron chi connectivity index (χ3n) is 5.25. The molecule has 0 aliphatic rings. The summed E-state index contributed by atoms with van der Waals surface area (Å²) in [5, 5.41) is 12.1. The van der Waals surface area contributed by atoms with Gasteiger partial charge in [-0.2, -0.15) is 0 Å². The van der Waals surface area contributed by atoms with E-state index in [1.165, 1.54) is 17.8 Å². The van der Waals surface area contributed by atoms with Crippen molar-refractivity contribution in [1.29, 1.82) is 0 Å². The number of amides is 1. The van der Waals surface area contributed by atoms with Crippen molar-refractivity contribution in [2.45, 2.75) is 37.9 Å². The first-order valence-electron chi connectivity index (χ1n) is 11.2. The van der Waals surface area contributed by atoms with E-state index in [1.54, 1.807) is 18.2 Å². The Kier molecular flexibility index (Phi) is 7.51. The van der Waals surface area contributed by atoms with Crippen LogP contribution in [0.25, 0.3) is 5.69 Å². The zero-order valence-electron chi connectivity index (χ0n) is 19.9. The molecule has 0 saturated carbocycles. The Morgan fingerprint density at radius 2 is 1.66 bits per heavy atom. The van der Waals surface area contributed by atoms with Crippen molar-refractivity contribution in [3.05, 3.63) is 96.1 Å². The van der Waals surface area contributed by atoms with Crippen LogP contribution in [-0.2, 0) is 16.8 Å². The van der Waals surface area contributed by atoms with Gasteiger partial charge in [-0.25, -0.2) is 4.39 Å². The fraction of sp³-hybridized carbons (Fsp3) is 0.222. The highest BCUT2D eigenvalue weighted by Crippen LogP contribution is 2.30. The van der Waals surface area contributed by atoms with Crippen molar-refractivity contribution in [3.8, 4) is 11.4 Å². The van der Waals surface area contributed by atoms with Crippen LogP contribution < -0.4 is 10.1 Å². The summed E-state index contributed by atoms with van der Waals surface area (Å²) in [5.74, 6) is 0.206. The van der Waals surface area contributed by atoms with E-state index < -0.39 is 5.82 Å². The summed E-state index contributed by atoms with van der Waals surface area (Å²) in [7, 11) is 0. The molecule has 1 N–H and O–H groups in total. The predicted octanol–water partition coefficient (Wildman–Crippen LogP) is 6.01. The summed E-state index contributed by atoms with van der Waals surface area (Å²) in [6.07, 6.45) is 0. The van der Waals surface area contributed by atoms with E-state index in [-0.39, 0.29) is 29.4 Å². The lowest BCUT2D eigenvalue weighted by Crippen LogP contribution is -2.20. The number of hydrogen-bond acceptors (Lipinski definition) is 5. The third kappa shape index (κ3) is 6.08. The lowest BCUT2D eigenvalue weighted by molar-refractivity contribution is -0.113. The van der Waals surface area contributed by atoms with Gasteiger partial charge in [0.1, 0.15) is 6.61 Å². The van der Waals surface area contributed by atoms with Gasteiger partial charge in [-0.1, -0.05) is 81.1 Å². The molecule has 0 aliphatic heterocycles. The van der Waals surface area contributed by atoms with Gasteiger partial charge in [0.15, 0.2) is 22.5 Å². The fourth-order valence-corrected chi connectivity index (χ4v) is 4.36. The summed E-state index contributed by atoms with van der Waals surface area (Å²) < 4.78 is 21.5. The Labute approximate surface area is 208 Å². The number of ether oxygens (including phenoxy) is 1. The van der Waals surface area contributed by atoms with Crippen LogP contribution in [0.3, 0.4) is 0 Å². The second-order valence-corrected chi connectivity index (χ2v) is 9.86. The minimum Gasteiger partial charge on any atom is -0.483 e. The first kappa shape index (κ1) is 24.5. The lowest BCUT2D eigenvalue weighted by atomic mass is 9.86. The van der Waals surface area contributed by atoms with E-state index >= 15 is 0 Å². The molecule has 4 rings (SSSR count). The van der Waals surface area contributed by atoms with Crippen molar-refractivity contribution in [3.63, 3.8) is 0 Å². The minimum absolute atomic E-state index is 0.0224. The number of rotatable bonds is 8. The van der Waals surface area contributed by atoms with Crippen molar-refractivity contribution < 1.29 is 13.9 Å². The standard InChI is InChI=1S/C27H27FN4O2S/c1-27(2,3)20-13-7-9-15-22(20)29-25(33)18-35-26-31-30-24(32(26)19-11-5-4-6-12-19)17-34-23-16-10-8-14-21(23)28/h4-16H,17-18H2,1-3H3,(H,29,33). The molecular weight excluding hydrogens is 463 g/mol. The molecule has 1 heterocycles. The first-order chi connectivity index (χ1) is 16.8. The van der Waals surface area contributed by atoms with Crippen LogP contribution >= 0.6 is 11.8 Å². The number of para-hydroxylation sites is 3. The molecule has 6 nitrogen and oxygen atoms in total. The number of nitrogens with zero attached hydrogens (tertiary/aromatic N) is 3. The largest absolute Gasteiger partial charge is 0.483 e. The normalized spacial score (nSPS) is 11.3. The monoisotopic (exact) mass is 490 g/mol. The Morgan fingerprint density at radius 3 is 2.40 bits per heavy atom. The molecule has 0 spiro atoms. The quantitative estimate of drug-likeness (QED) is 0.306. The van der Waals surface area contributed by atoms with E-state index in [0.29, 0.717) is 11.0 Å².